The lowest BCUT2D eigenvalue weighted by Crippen LogP contribution is -2.26. The predicted molar refractivity (Wildman–Crippen MR) is 121 cm³/mol. The lowest BCUT2D eigenvalue weighted by Gasteiger charge is -2.17. The van der Waals surface area contributed by atoms with Crippen LogP contribution in [-0.2, 0) is 24.1 Å². The molecular weight excluding hydrogens is 392 g/mol. The van der Waals surface area contributed by atoms with Crippen LogP contribution in [0.5, 0.6) is 5.75 Å². The molecule has 0 aliphatic carbocycles. The summed E-state index contributed by atoms with van der Waals surface area (Å²) >= 11 is 0. The van der Waals surface area contributed by atoms with E-state index in [0.29, 0.717) is 23.8 Å². The summed E-state index contributed by atoms with van der Waals surface area (Å²) in [6.45, 7) is 2.68. The third kappa shape index (κ3) is 4.30. The molecule has 2 aromatic carbocycles. The number of benzene rings is 2. The Morgan fingerprint density at radius 3 is 2.26 bits per heavy atom. The number of hydrogen-bond donors (Lipinski definition) is 1. The highest BCUT2D eigenvalue weighted by Crippen LogP contribution is 2.27. The summed E-state index contributed by atoms with van der Waals surface area (Å²) in [5, 5.41) is 5.51. The summed E-state index contributed by atoms with van der Waals surface area (Å²) in [7, 11) is 4.88. The molecule has 3 heterocycles. The van der Waals surface area contributed by atoms with Crippen LogP contribution >= 0.6 is 0 Å². The van der Waals surface area contributed by atoms with Crippen LogP contribution in [0.2, 0.25) is 0 Å². The van der Waals surface area contributed by atoms with Crippen molar-refractivity contribution in [3.8, 4) is 5.75 Å². The topological polar surface area (TPSA) is 90.8 Å². The second kappa shape index (κ2) is 9.28. The van der Waals surface area contributed by atoms with E-state index in [1.807, 2.05) is 18.2 Å². The van der Waals surface area contributed by atoms with Gasteiger partial charge in [-0.3, -0.25) is 4.90 Å². The zero-order chi connectivity index (χ0) is 21.8. The number of hydrogen-bond acceptors (Lipinski definition) is 7. The zero-order valence-corrected chi connectivity index (χ0v) is 18.2. The van der Waals surface area contributed by atoms with Gasteiger partial charge in [-0.25, -0.2) is 9.97 Å². The second-order valence-corrected chi connectivity index (χ2v) is 7.54. The van der Waals surface area contributed by atoms with Gasteiger partial charge in [0.05, 0.1) is 13.7 Å². The summed E-state index contributed by atoms with van der Waals surface area (Å²) in [5.41, 5.74) is 10.5. The fraction of sp³-hybridized carbons (Fsp3) is 0.348. The van der Waals surface area contributed by atoms with E-state index in [4.69, 9.17) is 15.5 Å². The van der Waals surface area contributed by atoms with Crippen LogP contribution in [0.4, 0.5) is 5.95 Å². The van der Waals surface area contributed by atoms with E-state index in [2.05, 4.69) is 44.0 Å². The Hall–Kier alpha value is -3.23. The molecule has 0 saturated heterocycles. The van der Waals surface area contributed by atoms with Crippen molar-refractivity contribution in [1.82, 2.24) is 24.5 Å². The van der Waals surface area contributed by atoms with Crippen LogP contribution in [0, 0.1) is 0 Å². The van der Waals surface area contributed by atoms with Crippen molar-refractivity contribution in [2.24, 2.45) is 0 Å². The minimum atomic E-state index is 0.314. The number of para-hydroxylation sites is 1. The molecule has 0 radical (unpaired) electrons. The first-order chi connectivity index (χ1) is 15.1. The molecule has 0 bridgehead atoms. The molecule has 0 fully saturated rings. The van der Waals surface area contributed by atoms with Gasteiger partial charge in [-0.2, -0.15) is 4.52 Å². The molecule has 1 aliphatic heterocycles. The van der Waals surface area contributed by atoms with Gasteiger partial charge >= 0.3 is 0 Å². The maximum Gasteiger partial charge on any atom is 0.223 e. The van der Waals surface area contributed by atoms with Crippen molar-refractivity contribution in [2.45, 2.75) is 19.4 Å². The standard InChI is InChI=1S/C21H22N6O.C2H6O/c1-28-17-8-4-7-16-19(17)24-21(22)27-20(16)23-18(25-27)13-26-11-9-14-5-2-3-6-15(14)10-12-26;1-3-2/h2-8H,9-13H2,1H3,(H2,22,24);1-2H3. The lowest BCUT2D eigenvalue weighted by atomic mass is 10.0. The molecule has 8 heteroatoms. The van der Waals surface area contributed by atoms with Gasteiger partial charge in [-0.15, -0.1) is 5.10 Å². The minimum Gasteiger partial charge on any atom is -0.494 e. The molecular formula is C23H28N6O2. The quantitative estimate of drug-likeness (QED) is 0.545. The normalized spacial score (nSPS) is 14.0. The minimum absolute atomic E-state index is 0.314. The molecule has 2 N–H and O–H groups in total. The van der Waals surface area contributed by atoms with E-state index in [1.165, 1.54) is 11.1 Å². The van der Waals surface area contributed by atoms with Crippen molar-refractivity contribution < 1.29 is 9.47 Å². The smallest absolute Gasteiger partial charge is 0.223 e. The molecule has 0 unspecified atom stereocenters. The summed E-state index contributed by atoms with van der Waals surface area (Å²) < 4.78 is 11.3. The van der Waals surface area contributed by atoms with Gasteiger partial charge in [0.25, 0.3) is 0 Å². The second-order valence-electron chi connectivity index (χ2n) is 7.54. The fourth-order valence-electron chi connectivity index (χ4n) is 3.97. The Morgan fingerprint density at radius 1 is 0.935 bits per heavy atom. The van der Waals surface area contributed by atoms with Crippen LogP contribution in [0.15, 0.2) is 42.5 Å². The Morgan fingerprint density at radius 2 is 1.61 bits per heavy atom. The number of fused-ring (bicyclic) bond motifs is 4. The molecule has 0 spiro atoms. The maximum absolute atomic E-state index is 6.16. The van der Waals surface area contributed by atoms with Gasteiger partial charge in [0.2, 0.25) is 5.95 Å². The maximum atomic E-state index is 6.16. The Balaban J connectivity index is 0.000000730. The highest BCUT2D eigenvalue weighted by molar-refractivity contribution is 5.95. The van der Waals surface area contributed by atoms with Gasteiger partial charge in [-0.1, -0.05) is 30.3 Å². The molecule has 0 atom stereocenters. The number of ether oxygens (including phenoxy) is 2. The number of anilines is 1. The Kier molecular flexibility index (Phi) is 6.29. The van der Waals surface area contributed by atoms with Crippen molar-refractivity contribution >= 4 is 22.5 Å². The number of nitrogens with two attached hydrogens (primary N) is 1. The highest BCUT2D eigenvalue weighted by atomic mass is 16.5. The zero-order valence-electron chi connectivity index (χ0n) is 18.2. The summed E-state index contributed by atoms with van der Waals surface area (Å²) in [5.74, 6) is 1.75. The van der Waals surface area contributed by atoms with Crippen molar-refractivity contribution in [1.29, 1.82) is 0 Å². The summed E-state index contributed by atoms with van der Waals surface area (Å²) in [6, 6.07) is 14.5. The molecule has 31 heavy (non-hydrogen) atoms. The van der Waals surface area contributed by atoms with Gasteiger partial charge in [0.15, 0.2) is 11.5 Å². The first kappa shape index (κ1) is 21.0. The first-order valence-electron chi connectivity index (χ1n) is 10.3. The Bertz CT molecular complexity index is 1160. The van der Waals surface area contributed by atoms with E-state index >= 15 is 0 Å². The van der Waals surface area contributed by atoms with Crippen molar-refractivity contribution in [3.05, 3.63) is 59.4 Å². The monoisotopic (exact) mass is 420 g/mol. The number of aromatic nitrogens is 4. The molecule has 162 valence electrons. The largest absolute Gasteiger partial charge is 0.494 e. The van der Waals surface area contributed by atoms with E-state index in [-0.39, 0.29) is 0 Å². The number of nitrogens with zero attached hydrogens (tertiary/aromatic N) is 5. The molecule has 5 rings (SSSR count). The van der Waals surface area contributed by atoms with Crippen LogP contribution in [0.3, 0.4) is 0 Å². The van der Waals surface area contributed by atoms with Gasteiger partial charge < -0.3 is 15.2 Å². The third-order valence-corrected chi connectivity index (χ3v) is 5.43. The highest BCUT2D eigenvalue weighted by Gasteiger charge is 2.18. The van der Waals surface area contributed by atoms with Crippen LogP contribution in [-0.4, -0.2) is 58.9 Å². The first-order valence-corrected chi connectivity index (χ1v) is 10.3. The summed E-state index contributed by atoms with van der Waals surface area (Å²) in [4.78, 5) is 11.7. The SMILES string of the molecule is COC.COc1cccc2c1nc(N)n1nc(CN3CCc4ccccc4CC3)nc21. The molecule has 4 aromatic rings. The van der Waals surface area contributed by atoms with Gasteiger partial charge in [0.1, 0.15) is 11.3 Å². The molecule has 0 amide bonds. The van der Waals surface area contributed by atoms with Crippen LogP contribution < -0.4 is 10.5 Å². The van der Waals surface area contributed by atoms with Gasteiger partial charge in [0, 0.05) is 32.7 Å². The van der Waals surface area contributed by atoms with Crippen LogP contribution in [0.25, 0.3) is 16.6 Å². The fourth-order valence-corrected chi connectivity index (χ4v) is 3.97. The predicted octanol–water partition coefficient (Wildman–Crippen LogP) is 2.73. The van der Waals surface area contributed by atoms with E-state index < -0.39 is 0 Å². The molecule has 0 saturated carbocycles. The third-order valence-electron chi connectivity index (χ3n) is 5.43. The van der Waals surface area contributed by atoms with E-state index in [0.717, 1.165) is 42.8 Å². The van der Waals surface area contributed by atoms with Crippen molar-refractivity contribution in [3.63, 3.8) is 0 Å². The number of rotatable bonds is 3. The lowest BCUT2D eigenvalue weighted by molar-refractivity contribution is 0.272. The average molecular weight is 421 g/mol. The number of methoxy groups -OCH3 is 2. The summed E-state index contributed by atoms with van der Waals surface area (Å²) in [6.07, 6.45) is 2.10. The Labute approximate surface area is 181 Å². The molecule has 2 aromatic heterocycles. The molecule has 1 aliphatic rings. The molecule has 8 nitrogen and oxygen atoms in total. The van der Waals surface area contributed by atoms with E-state index in [9.17, 15) is 0 Å². The van der Waals surface area contributed by atoms with Crippen molar-refractivity contribution in [2.75, 3.05) is 40.2 Å². The van der Waals surface area contributed by atoms with E-state index in [1.54, 1.807) is 25.8 Å². The number of nitrogen functional groups attached to an aromatic ring is 1. The van der Waals surface area contributed by atoms with Gasteiger partial charge in [-0.05, 0) is 36.1 Å². The average Bonchev–Trinajstić information content (AvgIpc) is 3.10. The van der Waals surface area contributed by atoms with Crippen LogP contribution in [0.1, 0.15) is 17.0 Å².